The van der Waals surface area contributed by atoms with Crippen molar-refractivity contribution in [1.29, 1.82) is 0 Å². The molecule has 0 unspecified atom stereocenters. The average Bonchev–Trinajstić information content (AvgIpc) is 3.27. The lowest BCUT2D eigenvalue weighted by Gasteiger charge is -2.11. The molecule has 0 spiro atoms. The van der Waals surface area contributed by atoms with E-state index in [0.717, 1.165) is 39.6 Å². The molecule has 0 bridgehead atoms. The molecule has 0 amide bonds. The molecule has 0 aliphatic carbocycles. The third kappa shape index (κ3) is 3.88. The molecule has 2 N–H and O–H groups in total. The molecule has 2 aromatic carbocycles. The minimum Gasteiger partial charge on any atom is -0.478 e. The van der Waals surface area contributed by atoms with Gasteiger partial charge in [0.1, 0.15) is 0 Å². The van der Waals surface area contributed by atoms with Crippen LogP contribution in [0.15, 0.2) is 42.5 Å². The molecule has 6 nitrogen and oxygen atoms in total. The highest BCUT2D eigenvalue weighted by atomic mass is 35.5. The second-order valence-electron chi connectivity index (χ2n) is 7.30. The molecule has 1 aliphatic heterocycles. The minimum atomic E-state index is -0.923. The summed E-state index contributed by atoms with van der Waals surface area (Å²) in [6, 6.07) is 13.4. The summed E-state index contributed by atoms with van der Waals surface area (Å²) in [5.74, 6) is 0.557. The number of ether oxygens (including phenoxy) is 2. The fourth-order valence-corrected chi connectivity index (χ4v) is 4.06. The largest absolute Gasteiger partial charge is 0.478 e. The number of carboxylic acid groups (broad SMARTS) is 1. The lowest BCUT2D eigenvalue weighted by atomic mass is 10.1. The maximum Gasteiger partial charge on any atom is 0.337 e. The molecule has 0 saturated heterocycles. The Kier molecular flexibility index (Phi) is 5.70. The van der Waals surface area contributed by atoms with Crippen LogP contribution in [-0.4, -0.2) is 22.4 Å². The smallest absolute Gasteiger partial charge is 0.337 e. The van der Waals surface area contributed by atoms with E-state index in [-0.39, 0.29) is 6.79 Å². The van der Waals surface area contributed by atoms with Crippen molar-refractivity contribution < 1.29 is 19.4 Å². The van der Waals surface area contributed by atoms with Crippen molar-refractivity contribution in [3.63, 3.8) is 0 Å². The third-order valence-corrected chi connectivity index (χ3v) is 5.85. The van der Waals surface area contributed by atoms with Gasteiger partial charge in [0.25, 0.3) is 0 Å². The molecular weight excluding hydrogens is 404 g/mol. The summed E-state index contributed by atoms with van der Waals surface area (Å²) in [5.41, 5.74) is 4.77. The van der Waals surface area contributed by atoms with E-state index in [2.05, 4.69) is 5.32 Å². The summed E-state index contributed by atoms with van der Waals surface area (Å²) in [7, 11) is 0. The Bertz CT molecular complexity index is 1110. The van der Waals surface area contributed by atoms with Gasteiger partial charge in [0.05, 0.1) is 5.56 Å². The van der Waals surface area contributed by atoms with Gasteiger partial charge in [-0.3, -0.25) is 0 Å². The predicted molar refractivity (Wildman–Crippen MR) is 115 cm³/mol. The maximum absolute atomic E-state index is 12.0. The first-order valence-corrected chi connectivity index (χ1v) is 10.1. The van der Waals surface area contributed by atoms with Gasteiger partial charge in [-0.1, -0.05) is 35.9 Å². The average molecular weight is 427 g/mol. The zero-order valence-electron chi connectivity index (χ0n) is 16.9. The van der Waals surface area contributed by atoms with E-state index in [1.165, 1.54) is 0 Å². The summed E-state index contributed by atoms with van der Waals surface area (Å²) >= 11 is 6.32. The quantitative estimate of drug-likeness (QED) is 0.581. The number of fused-ring (bicyclic) bond motifs is 1. The summed E-state index contributed by atoms with van der Waals surface area (Å²) < 4.78 is 12.8. The zero-order chi connectivity index (χ0) is 21.3. The van der Waals surface area contributed by atoms with Gasteiger partial charge in [0.15, 0.2) is 11.5 Å². The van der Waals surface area contributed by atoms with E-state index in [9.17, 15) is 9.90 Å². The zero-order valence-corrected chi connectivity index (χ0v) is 17.6. The summed E-state index contributed by atoms with van der Waals surface area (Å²) in [4.78, 5) is 12.0. The molecule has 156 valence electrons. The van der Waals surface area contributed by atoms with Gasteiger partial charge < -0.3 is 24.5 Å². The van der Waals surface area contributed by atoms with Crippen molar-refractivity contribution in [2.24, 2.45) is 0 Å². The predicted octanol–water partition coefficient (Wildman–Crippen LogP) is 4.52. The first-order chi connectivity index (χ1) is 14.5. The lowest BCUT2D eigenvalue weighted by molar-refractivity contribution is 0.0694. The molecule has 2 heterocycles. The van der Waals surface area contributed by atoms with Crippen molar-refractivity contribution in [3.8, 4) is 11.5 Å². The number of nitrogens with one attached hydrogen (secondary N) is 1. The number of carboxylic acids is 1. The standard InChI is InChI=1S/C23H23ClN2O4/c1-14-18(11-25-10-16-7-8-20-21(9-16)30-13-29-20)22(23(27)28)15(2)26(14)12-17-5-3-4-6-19(17)24/h3-9,25H,10-13H2,1-2H3,(H,27,28). The molecular formula is C23H23ClN2O4. The Hall–Kier alpha value is -2.96. The van der Waals surface area contributed by atoms with Gasteiger partial charge in [0, 0.05) is 41.6 Å². The number of hydrogen-bond donors (Lipinski definition) is 2. The fourth-order valence-electron chi connectivity index (χ4n) is 3.87. The van der Waals surface area contributed by atoms with Gasteiger partial charge in [-0.2, -0.15) is 0 Å². The molecule has 1 aliphatic rings. The maximum atomic E-state index is 12.0. The molecule has 1 aromatic heterocycles. The summed E-state index contributed by atoms with van der Waals surface area (Å²) in [5, 5.41) is 13.9. The monoisotopic (exact) mass is 426 g/mol. The Morgan fingerprint density at radius 1 is 1.10 bits per heavy atom. The highest BCUT2D eigenvalue weighted by Crippen LogP contribution is 2.32. The topological polar surface area (TPSA) is 72.7 Å². The van der Waals surface area contributed by atoms with Gasteiger partial charge >= 0.3 is 5.97 Å². The van der Waals surface area contributed by atoms with E-state index in [4.69, 9.17) is 21.1 Å². The van der Waals surface area contributed by atoms with Crippen molar-refractivity contribution in [2.75, 3.05) is 6.79 Å². The van der Waals surface area contributed by atoms with E-state index < -0.39 is 5.97 Å². The van der Waals surface area contributed by atoms with E-state index >= 15 is 0 Å². The minimum absolute atomic E-state index is 0.242. The number of nitrogens with zero attached hydrogens (tertiary/aromatic N) is 1. The molecule has 3 aromatic rings. The number of benzene rings is 2. The van der Waals surface area contributed by atoms with E-state index in [1.54, 1.807) is 0 Å². The number of aromatic carboxylic acids is 1. The van der Waals surface area contributed by atoms with Gasteiger partial charge in [-0.25, -0.2) is 4.79 Å². The Morgan fingerprint density at radius 2 is 1.87 bits per heavy atom. The Balaban J connectivity index is 1.55. The third-order valence-electron chi connectivity index (χ3n) is 5.48. The Labute approximate surface area is 180 Å². The number of aromatic nitrogens is 1. The molecule has 0 radical (unpaired) electrons. The molecule has 30 heavy (non-hydrogen) atoms. The van der Waals surface area contributed by atoms with Crippen LogP contribution in [0.5, 0.6) is 11.5 Å². The van der Waals surface area contributed by atoms with Crippen LogP contribution in [-0.2, 0) is 19.6 Å². The summed E-state index contributed by atoms with van der Waals surface area (Å²) in [6.45, 7) is 5.59. The number of carbonyl (C=O) groups is 1. The van der Waals surface area contributed by atoms with Crippen LogP contribution in [0.2, 0.25) is 5.02 Å². The van der Waals surface area contributed by atoms with Crippen LogP contribution >= 0.6 is 11.6 Å². The van der Waals surface area contributed by atoms with Crippen LogP contribution in [0.4, 0.5) is 0 Å². The van der Waals surface area contributed by atoms with Crippen LogP contribution in [0.3, 0.4) is 0 Å². The SMILES string of the molecule is Cc1c(CNCc2ccc3c(c2)OCO3)c(C(=O)O)c(C)n1Cc1ccccc1Cl. The first kappa shape index (κ1) is 20.3. The first-order valence-electron chi connectivity index (χ1n) is 9.70. The second-order valence-corrected chi connectivity index (χ2v) is 7.71. The number of halogens is 1. The second kappa shape index (κ2) is 8.42. The number of hydrogen-bond acceptors (Lipinski definition) is 4. The molecule has 7 heteroatoms. The van der Waals surface area contributed by atoms with Crippen LogP contribution in [0, 0.1) is 13.8 Å². The highest BCUT2D eigenvalue weighted by molar-refractivity contribution is 6.31. The fraction of sp³-hybridized carbons (Fsp3) is 0.261. The Morgan fingerprint density at radius 3 is 2.63 bits per heavy atom. The van der Waals surface area contributed by atoms with E-state index in [1.807, 2.05) is 60.9 Å². The van der Waals surface area contributed by atoms with E-state index in [0.29, 0.717) is 30.2 Å². The highest BCUT2D eigenvalue weighted by Gasteiger charge is 2.23. The molecule has 4 rings (SSSR count). The van der Waals surface area contributed by atoms with Crippen molar-refractivity contribution in [3.05, 3.63) is 81.1 Å². The molecule has 0 atom stereocenters. The lowest BCUT2D eigenvalue weighted by Crippen LogP contribution is -2.15. The number of rotatable bonds is 7. The normalized spacial score (nSPS) is 12.4. The van der Waals surface area contributed by atoms with Crippen LogP contribution < -0.4 is 14.8 Å². The van der Waals surface area contributed by atoms with Crippen molar-refractivity contribution in [2.45, 2.75) is 33.5 Å². The molecule has 0 fully saturated rings. The van der Waals surface area contributed by atoms with Gasteiger partial charge in [0.2, 0.25) is 6.79 Å². The van der Waals surface area contributed by atoms with Gasteiger partial charge in [-0.15, -0.1) is 0 Å². The molecule has 0 saturated carbocycles. The summed E-state index contributed by atoms with van der Waals surface area (Å²) in [6.07, 6.45) is 0. The van der Waals surface area contributed by atoms with Crippen molar-refractivity contribution in [1.82, 2.24) is 9.88 Å². The van der Waals surface area contributed by atoms with Crippen LogP contribution in [0.25, 0.3) is 0 Å². The van der Waals surface area contributed by atoms with Crippen LogP contribution in [0.1, 0.15) is 38.4 Å². The van der Waals surface area contributed by atoms with Gasteiger partial charge in [-0.05, 0) is 43.2 Å². The van der Waals surface area contributed by atoms with Crippen molar-refractivity contribution >= 4 is 17.6 Å².